The molecule has 1 atom stereocenters. The van der Waals surface area contributed by atoms with Gasteiger partial charge in [-0.15, -0.1) is 5.10 Å². The number of hydrogen-bond acceptors (Lipinski definition) is 4. The van der Waals surface area contributed by atoms with Crippen molar-refractivity contribution in [2.75, 3.05) is 6.54 Å². The third kappa shape index (κ3) is 2.28. The van der Waals surface area contributed by atoms with E-state index in [1.807, 2.05) is 17.0 Å². The zero-order valence-corrected chi connectivity index (χ0v) is 12.3. The first-order chi connectivity index (χ1) is 10.7. The number of benzene rings is 1. The van der Waals surface area contributed by atoms with Crippen LogP contribution in [0.15, 0.2) is 29.1 Å². The fraction of sp³-hybridized carbons (Fsp3) is 0.500. The van der Waals surface area contributed by atoms with Gasteiger partial charge in [0.15, 0.2) is 0 Å². The third-order valence-corrected chi connectivity index (χ3v) is 4.60. The van der Waals surface area contributed by atoms with Crippen LogP contribution >= 0.6 is 0 Å². The van der Waals surface area contributed by atoms with E-state index in [2.05, 4.69) is 10.3 Å². The van der Waals surface area contributed by atoms with Crippen LogP contribution in [-0.2, 0) is 11.3 Å². The number of likely N-dealkylation sites (tertiary alicyclic amines) is 1. The molecule has 2 aromatic rings. The summed E-state index contributed by atoms with van der Waals surface area (Å²) >= 11 is 0. The molecule has 22 heavy (non-hydrogen) atoms. The van der Waals surface area contributed by atoms with Gasteiger partial charge in [0.05, 0.1) is 18.0 Å². The van der Waals surface area contributed by atoms with Crippen LogP contribution in [0.2, 0.25) is 0 Å². The molecule has 6 heteroatoms. The van der Waals surface area contributed by atoms with E-state index in [9.17, 15) is 9.59 Å². The molecule has 0 bridgehead atoms. The lowest BCUT2D eigenvalue weighted by molar-refractivity contribution is -0.133. The summed E-state index contributed by atoms with van der Waals surface area (Å²) in [5, 5.41) is 8.73. The molecule has 0 unspecified atom stereocenters. The van der Waals surface area contributed by atoms with Crippen molar-refractivity contribution >= 4 is 16.8 Å². The Bertz CT molecular complexity index is 781. The quantitative estimate of drug-likeness (QED) is 0.853. The predicted molar refractivity (Wildman–Crippen MR) is 81.3 cm³/mol. The minimum atomic E-state index is -0.128. The molecular formula is C16H18N4O2. The molecule has 0 N–H and O–H groups in total. The highest BCUT2D eigenvalue weighted by molar-refractivity contribution is 5.81. The van der Waals surface area contributed by atoms with Crippen LogP contribution in [0, 0.1) is 5.92 Å². The normalized spacial score (nSPS) is 21.5. The minimum Gasteiger partial charge on any atom is -0.338 e. The minimum absolute atomic E-state index is 0.0706. The van der Waals surface area contributed by atoms with E-state index in [4.69, 9.17) is 0 Å². The Morgan fingerprint density at radius 3 is 2.86 bits per heavy atom. The average molecular weight is 298 g/mol. The van der Waals surface area contributed by atoms with Crippen LogP contribution in [0.5, 0.6) is 0 Å². The summed E-state index contributed by atoms with van der Waals surface area (Å²) in [6.07, 6.45) is 3.95. The number of aromatic nitrogens is 3. The molecule has 1 aliphatic heterocycles. The summed E-state index contributed by atoms with van der Waals surface area (Å²) < 4.78 is 1.41. The van der Waals surface area contributed by atoms with E-state index in [-0.39, 0.29) is 23.4 Å². The monoisotopic (exact) mass is 298 g/mol. The van der Waals surface area contributed by atoms with E-state index < -0.39 is 0 Å². The van der Waals surface area contributed by atoms with Crippen LogP contribution < -0.4 is 5.56 Å². The molecule has 2 heterocycles. The Kier molecular flexibility index (Phi) is 3.17. The molecule has 114 valence electrons. The van der Waals surface area contributed by atoms with Crippen molar-refractivity contribution in [2.24, 2.45) is 5.92 Å². The Morgan fingerprint density at radius 1 is 1.23 bits per heavy atom. The van der Waals surface area contributed by atoms with Crippen molar-refractivity contribution in [3.63, 3.8) is 0 Å². The molecule has 6 nitrogen and oxygen atoms in total. The van der Waals surface area contributed by atoms with Gasteiger partial charge in [0.2, 0.25) is 5.91 Å². The fourth-order valence-electron chi connectivity index (χ4n) is 3.22. The SMILES string of the molecule is O=C(C1CC1)N1CCC[C@H]1Cn1nnc2ccccc2c1=O. The van der Waals surface area contributed by atoms with Gasteiger partial charge in [-0.25, -0.2) is 4.68 Å². The molecule has 2 fully saturated rings. The Labute approximate surface area is 127 Å². The van der Waals surface area contributed by atoms with E-state index in [1.54, 1.807) is 12.1 Å². The summed E-state index contributed by atoms with van der Waals surface area (Å²) in [6, 6.07) is 7.29. The van der Waals surface area contributed by atoms with Crippen molar-refractivity contribution in [3.8, 4) is 0 Å². The van der Waals surface area contributed by atoms with Crippen molar-refractivity contribution in [3.05, 3.63) is 34.6 Å². The second kappa shape index (κ2) is 5.19. The lowest BCUT2D eigenvalue weighted by atomic mass is 10.2. The number of amides is 1. The highest BCUT2D eigenvalue weighted by Crippen LogP contribution is 2.33. The van der Waals surface area contributed by atoms with Gasteiger partial charge in [-0.2, -0.15) is 0 Å². The molecular weight excluding hydrogens is 280 g/mol. The summed E-state index contributed by atoms with van der Waals surface area (Å²) in [7, 11) is 0. The fourth-order valence-corrected chi connectivity index (χ4v) is 3.22. The lowest BCUT2D eigenvalue weighted by Crippen LogP contribution is -2.41. The topological polar surface area (TPSA) is 68.1 Å². The first-order valence-corrected chi connectivity index (χ1v) is 7.87. The Balaban J connectivity index is 1.61. The highest BCUT2D eigenvalue weighted by atomic mass is 16.2. The molecule has 2 aliphatic rings. The molecule has 1 aliphatic carbocycles. The molecule has 1 aromatic heterocycles. The van der Waals surface area contributed by atoms with Crippen LogP contribution in [0.3, 0.4) is 0 Å². The molecule has 0 spiro atoms. The summed E-state index contributed by atoms with van der Waals surface area (Å²) in [4.78, 5) is 26.7. The first-order valence-electron chi connectivity index (χ1n) is 7.87. The highest BCUT2D eigenvalue weighted by Gasteiger charge is 2.38. The van der Waals surface area contributed by atoms with Gasteiger partial charge in [0.25, 0.3) is 5.56 Å². The predicted octanol–water partition coefficient (Wildman–Crippen LogP) is 1.19. The largest absolute Gasteiger partial charge is 0.338 e. The molecule has 1 saturated carbocycles. The zero-order valence-electron chi connectivity index (χ0n) is 12.3. The number of fused-ring (bicyclic) bond motifs is 1. The van der Waals surface area contributed by atoms with Crippen molar-refractivity contribution in [2.45, 2.75) is 38.3 Å². The standard InChI is InChI=1S/C16H18N4O2/c21-15(11-7-8-11)19-9-3-4-12(19)10-20-16(22)13-5-1-2-6-14(13)17-18-20/h1-2,5-6,11-12H,3-4,7-10H2/t12-/m0/s1. The smallest absolute Gasteiger partial charge is 0.277 e. The molecule has 1 aromatic carbocycles. The van der Waals surface area contributed by atoms with Crippen LogP contribution in [-0.4, -0.2) is 38.4 Å². The first kappa shape index (κ1) is 13.4. The summed E-state index contributed by atoms with van der Waals surface area (Å²) in [5.74, 6) is 0.476. The number of nitrogens with zero attached hydrogens (tertiary/aromatic N) is 4. The van der Waals surface area contributed by atoms with Gasteiger partial charge < -0.3 is 4.90 Å². The number of rotatable bonds is 3. The van der Waals surface area contributed by atoms with E-state index in [0.29, 0.717) is 17.4 Å². The molecule has 0 radical (unpaired) electrons. The Hall–Kier alpha value is -2.24. The number of carbonyl (C=O) groups excluding carboxylic acids is 1. The zero-order chi connectivity index (χ0) is 15.1. The van der Waals surface area contributed by atoms with E-state index >= 15 is 0 Å². The maximum atomic E-state index is 12.5. The van der Waals surface area contributed by atoms with Gasteiger partial charge in [0.1, 0.15) is 5.52 Å². The van der Waals surface area contributed by atoms with Gasteiger partial charge in [0, 0.05) is 12.5 Å². The average Bonchev–Trinajstić information content (AvgIpc) is 3.29. The summed E-state index contributed by atoms with van der Waals surface area (Å²) in [5.41, 5.74) is 0.484. The third-order valence-electron chi connectivity index (χ3n) is 4.60. The second-order valence-electron chi connectivity index (χ2n) is 6.20. The van der Waals surface area contributed by atoms with Crippen LogP contribution in [0.25, 0.3) is 10.9 Å². The molecule has 1 amide bonds. The van der Waals surface area contributed by atoms with Gasteiger partial charge in [-0.05, 0) is 37.8 Å². The van der Waals surface area contributed by atoms with Crippen molar-refractivity contribution < 1.29 is 4.79 Å². The van der Waals surface area contributed by atoms with E-state index in [0.717, 1.165) is 32.2 Å². The van der Waals surface area contributed by atoms with Gasteiger partial charge >= 0.3 is 0 Å². The molecule has 4 rings (SSSR count). The van der Waals surface area contributed by atoms with Gasteiger partial charge in [-0.3, -0.25) is 9.59 Å². The van der Waals surface area contributed by atoms with Gasteiger partial charge in [-0.1, -0.05) is 17.3 Å². The number of hydrogen-bond donors (Lipinski definition) is 0. The second-order valence-corrected chi connectivity index (χ2v) is 6.20. The maximum absolute atomic E-state index is 12.5. The molecule has 1 saturated heterocycles. The maximum Gasteiger partial charge on any atom is 0.277 e. The summed E-state index contributed by atoms with van der Waals surface area (Å²) in [6.45, 7) is 1.24. The van der Waals surface area contributed by atoms with Crippen molar-refractivity contribution in [1.82, 2.24) is 19.9 Å². The Morgan fingerprint density at radius 2 is 2.05 bits per heavy atom. The van der Waals surface area contributed by atoms with Crippen molar-refractivity contribution in [1.29, 1.82) is 0 Å². The lowest BCUT2D eigenvalue weighted by Gasteiger charge is -2.24. The number of carbonyl (C=O) groups is 1. The van der Waals surface area contributed by atoms with E-state index in [1.165, 1.54) is 4.68 Å². The van der Waals surface area contributed by atoms with Crippen LogP contribution in [0.4, 0.5) is 0 Å². The van der Waals surface area contributed by atoms with Crippen LogP contribution in [0.1, 0.15) is 25.7 Å².